The first-order valence-corrected chi connectivity index (χ1v) is 12.3. The Hall–Kier alpha value is -4.08. The highest BCUT2D eigenvalue weighted by molar-refractivity contribution is 6.30. The number of ether oxygens (including phenoxy) is 1. The first-order valence-electron chi connectivity index (χ1n) is 12.0. The van der Waals surface area contributed by atoms with Crippen LogP contribution in [0.2, 0.25) is 5.02 Å². The standard InChI is InChI=1S/C30H26ClN3O3/c1-33(2)23-15-10-20(11-16-23)26-27(28(35)21-8-13-22(31)14-9-21)34-24-7-5-4-6-19(24)12-17-25(34)30(26,18-32)29(36)37-3/h4-17,25-27H,1-3H3/t25-,26-,27-,30+/m1/s1. The zero-order chi connectivity index (χ0) is 26.3. The lowest BCUT2D eigenvalue weighted by Gasteiger charge is -2.36. The summed E-state index contributed by atoms with van der Waals surface area (Å²) < 4.78 is 5.27. The number of Topliss-reactive ketones (excluding diaryl/α,β-unsaturated/α-hetero) is 1. The van der Waals surface area contributed by atoms with Gasteiger partial charge in [-0.25, -0.2) is 0 Å². The van der Waals surface area contributed by atoms with Gasteiger partial charge >= 0.3 is 5.97 Å². The van der Waals surface area contributed by atoms with E-state index in [0.717, 1.165) is 16.9 Å². The largest absolute Gasteiger partial charge is 0.468 e. The number of fused-ring (bicyclic) bond motifs is 3. The fourth-order valence-corrected chi connectivity index (χ4v) is 5.80. The number of nitriles is 1. The molecule has 0 unspecified atom stereocenters. The highest BCUT2D eigenvalue weighted by Crippen LogP contribution is 2.56. The van der Waals surface area contributed by atoms with Gasteiger partial charge in [0.05, 0.1) is 19.2 Å². The second kappa shape index (κ2) is 9.42. The maximum atomic E-state index is 14.3. The SMILES string of the molecule is COC(=O)[C@]1(C#N)[C@H](c2ccc(N(C)C)cc2)[C@H](C(=O)c2ccc(Cl)cc2)N2c3ccccc3C=C[C@@H]21. The fourth-order valence-electron chi connectivity index (χ4n) is 5.67. The minimum absolute atomic E-state index is 0.200. The fraction of sp³-hybridized carbons (Fsp3) is 0.233. The molecular formula is C30H26ClN3O3. The van der Waals surface area contributed by atoms with Crippen molar-refractivity contribution >= 4 is 40.8 Å². The number of benzene rings is 3. The number of rotatable bonds is 5. The normalized spacial score (nSPS) is 23.5. The predicted octanol–water partition coefficient (Wildman–Crippen LogP) is 5.34. The summed E-state index contributed by atoms with van der Waals surface area (Å²) in [5.74, 6) is -1.67. The molecule has 4 atom stereocenters. The Morgan fingerprint density at radius 3 is 2.32 bits per heavy atom. The summed E-state index contributed by atoms with van der Waals surface area (Å²) in [5, 5.41) is 11.3. The third kappa shape index (κ3) is 3.78. The molecule has 0 amide bonds. The van der Waals surface area contributed by atoms with Gasteiger partial charge in [-0.1, -0.05) is 54.1 Å². The molecule has 3 aromatic carbocycles. The van der Waals surface area contributed by atoms with E-state index in [2.05, 4.69) is 6.07 Å². The van der Waals surface area contributed by atoms with Gasteiger partial charge < -0.3 is 14.5 Å². The van der Waals surface area contributed by atoms with E-state index in [4.69, 9.17) is 16.3 Å². The van der Waals surface area contributed by atoms with Gasteiger partial charge in [-0.3, -0.25) is 9.59 Å². The van der Waals surface area contributed by atoms with Gasteiger partial charge in [0.1, 0.15) is 6.04 Å². The van der Waals surface area contributed by atoms with E-state index >= 15 is 0 Å². The van der Waals surface area contributed by atoms with E-state index in [1.165, 1.54) is 7.11 Å². The summed E-state index contributed by atoms with van der Waals surface area (Å²) in [7, 11) is 5.16. The van der Waals surface area contributed by atoms with Crippen LogP contribution in [0.15, 0.2) is 78.9 Å². The number of ketones is 1. The summed E-state index contributed by atoms with van der Waals surface area (Å²) in [5.41, 5.74) is 2.17. The van der Waals surface area contributed by atoms with Crippen LogP contribution in [0.1, 0.15) is 27.4 Å². The average molecular weight is 512 g/mol. The molecule has 0 aliphatic carbocycles. The van der Waals surface area contributed by atoms with Crippen molar-refractivity contribution in [3.8, 4) is 6.07 Å². The van der Waals surface area contributed by atoms with Crippen molar-refractivity contribution in [2.45, 2.75) is 18.0 Å². The second-order valence-corrected chi connectivity index (χ2v) is 9.96. The minimum Gasteiger partial charge on any atom is -0.468 e. The molecule has 1 fully saturated rings. The lowest BCUT2D eigenvalue weighted by molar-refractivity contribution is -0.150. The van der Waals surface area contributed by atoms with E-state index in [9.17, 15) is 14.9 Å². The van der Waals surface area contributed by atoms with Gasteiger partial charge in [0.25, 0.3) is 0 Å². The molecule has 0 bridgehead atoms. The van der Waals surface area contributed by atoms with Crippen LogP contribution in [0.5, 0.6) is 0 Å². The van der Waals surface area contributed by atoms with Crippen LogP contribution in [0.3, 0.4) is 0 Å². The Kier molecular flexibility index (Phi) is 6.26. The molecule has 0 saturated carbocycles. The zero-order valence-corrected chi connectivity index (χ0v) is 21.5. The van der Waals surface area contributed by atoms with Crippen molar-refractivity contribution in [3.63, 3.8) is 0 Å². The number of halogens is 1. The summed E-state index contributed by atoms with van der Waals surface area (Å²) in [4.78, 5) is 31.8. The molecule has 186 valence electrons. The minimum atomic E-state index is -1.66. The molecule has 37 heavy (non-hydrogen) atoms. The van der Waals surface area contributed by atoms with Crippen LogP contribution in [-0.4, -0.2) is 45.0 Å². The van der Waals surface area contributed by atoms with Gasteiger partial charge in [-0.2, -0.15) is 5.26 Å². The molecule has 2 aliphatic rings. The first kappa shape index (κ1) is 24.6. The smallest absolute Gasteiger partial charge is 0.329 e. The third-order valence-corrected chi connectivity index (χ3v) is 7.67. The van der Waals surface area contributed by atoms with Crippen LogP contribution in [-0.2, 0) is 9.53 Å². The van der Waals surface area contributed by atoms with Crippen molar-refractivity contribution in [3.05, 3.63) is 101 Å². The Morgan fingerprint density at radius 2 is 1.70 bits per heavy atom. The maximum absolute atomic E-state index is 14.3. The van der Waals surface area contributed by atoms with E-state index in [1.54, 1.807) is 24.3 Å². The molecule has 5 rings (SSSR count). The molecule has 0 aromatic heterocycles. The number of para-hydroxylation sites is 1. The highest BCUT2D eigenvalue weighted by atomic mass is 35.5. The number of carbonyl (C=O) groups excluding carboxylic acids is 2. The number of carbonyl (C=O) groups is 2. The first-order chi connectivity index (χ1) is 17.8. The number of nitrogens with zero attached hydrogens (tertiary/aromatic N) is 3. The van der Waals surface area contributed by atoms with E-state index in [0.29, 0.717) is 16.1 Å². The summed E-state index contributed by atoms with van der Waals surface area (Å²) >= 11 is 6.11. The topological polar surface area (TPSA) is 73.6 Å². The Balaban J connectivity index is 1.79. The average Bonchev–Trinajstić information content (AvgIpc) is 3.24. The molecule has 1 saturated heterocycles. The Labute approximate surface area is 221 Å². The summed E-state index contributed by atoms with van der Waals surface area (Å²) in [6.07, 6.45) is 3.76. The molecular weight excluding hydrogens is 486 g/mol. The van der Waals surface area contributed by atoms with Gasteiger partial charge in [0, 0.05) is 42.0 Å². The monoisotopic (exact) mass is 511 g/mol. The predicted molar refractivity (Wildman–Crippen MR) is 145 cm³/mol. The molecule has 7 heteroatoms. The van der Waals surface area contributed by atoms with Crippen molar-refractivity contribution in [1.82, 2.24) is 0 Å². The van der Waals surface area contributed by atoms with Crippen LogP contribution < -0.4 is 9.80 Å². The third-order valence-electron chi connectivity index (χ3n) is 7.42. The van der Waals surface area contributed by atoms with Crippen molar-refractivity contribution in [1.29, 1.82) is 5.26 Å². The van der Waals surface area contributed by atoms with Crippen LogP contribution >= 0.6 is 11.6 Å². The molecule has 2 aliphatic heterocycles. The Morgan fingerprint density at radius 1 is 1.03 bits per heavy atom. The molecule has 3 aromatic rings. The Bertz CT molecular complexity index is 1430. The van der Waals surface area contributed by atoms with E-state index in [-0.39, 0.29) is 5.78 Å². The molecule has 0 radical (unpaired) electrons. The lowest BCUT2D eigenvalue weighted by Crippen LogP contribution is -2.46. The number of methoxy groups -OCH3 is 1. The van der Waals surface area contributed by atoms with Crippen LogP contribution in [0.4, 0.5) is 11.4 Å². The van der Waals surface area contributed by atoms with E-state index in [1.807, 2.05) is 84.6 Å². The number of hydrogen-bond donors (Lipinski definition) is 0. The van der Waals surface area contributed by atoms with Gasteiger partial charge in [-0.15, -0.1) is 0 Å². The quantitative estimate of drug-likeness (QED) is 0.340. The van der Waals surface area contributed by atoms with Gasteiger partial charge in [0.2, 0.25) is 0 Å². The van der Waals surface area contributed by atoms with Gasteiger partial charge in [0.15, 0.2) is 11.2 Å². The summed E-state index contributed by atoms with van der Waals surface area (Å²) in [6, 6.07) is 22.8. The second-order valence-electron chi connectivity index (χ2n) is 9.52. The van der Waals surface area contributed by atoms with Crippen LogP contribution in [0, 0.1) is 16.7 Å². The molecule has 6 nitrogen and oxygen atoms in total. The molecule has 2 heterocycles. The highest BCUT2D eigenvalue weighted by Gasteiger charge is 2.67. The zero-order valence-electron chi connectivity index (χ0n) is 20.8. The van der Waals surface area contributed by atoms with Crippen molar-refractivity contribution in [2.75, 3.05) is 31.0 Å². The van der Waals surface area contributed by atoms with E-state index < -0.39 is 29.4 Å². The van der Waals surface area contributed by atoms with Crippen molar-refractivity contribution in [2.24, 2.45) is 5.41 Å². The van der Waals surface area contributed by atoms with Crippen LogP contribution in [0.25, 0.3) is 6.08 Å². The molecule has 0 spiro atoms. The number of anilines is 2. The summed E-state index contributed by atoms with van der Waals surface area (Å²) in [6.45, 7) is 0. The lowest BCUT2D eigenvalue weighted by atomic mass is 9.68. The number of esters is 1. The number of hydrogen-bond acceptors (Lipinski definition) is 6. The van der Waals surface area contributed by atoms with Gasteiger partial charge in [-0.05, 0) is 53.6 Å². The maximum Gasteiger partial charge on any atom is 0.329 e. The molecule has 0 N–H and O–H groups in total. The van der Waals surface area contributed by atoms with Crippen molar-refractivity contribution < 1.29 is 14.3 Å².